The van der Waals surface area contributed by atoms with E-state index in [0.29, 0.717) is 4.47 Å². The van der Waals surface area contributed by atoms with Crippen molar-refractivity contribution in [2.45, 2.75) is 12.3 Å². The summed E-state index contributed by atoms with van der Waals surface area (Å²) in [5, 5.41) is 0. The molecule has 0 spiro atoms. The maximum atomic E-state index is 12.9. The molecule has 1 aromatic rings. The van der Waals surface area contributed by atoms with Gasteiger partial charge in [0.1, 0.15) is 5.69 Å². The largest absolute Gasteiger partial charge is 0.331 e. The highest BCUT2D eigenvalue weighted by Gasteiger charge is 2.41. The molecule has 1 fully saturated rings. The standard InChI is InChI=1S/C10H9BrF2N2O/c11-7-2-1-4-14-8(7)9(16)15-5-3-10(12,13)6-15/h1-2,4H,3,5-6H2. The van der Waals surface area contributed by atoms with Gasteiger partial charge in [-0.2, -0.15) is 0 Å². The van der Waals surface area contributed by atoms with E-state index < -0.39 is 18.4 Å². The van der Waals surface area contributed by atoms with Crippen molar-refractivity contribution in [3.8, 4) is 0 Å². The summed E-state index contributed by atoms with van der Waals surface area (Å²) in [6.07, 6.45) is 1.19. The van der Waals surface area contributed by atoms with E-state index in [-0.39, 0.29) is 18.7 Å². The molecule has 1 aliphatic heterocycles. The summed E-state index contributed by atoms with van der Waals surface area (Å²) < 4.78 is 26.4. The Labute approximate surface area is 99.6 Å². The zero-order valence-corrected chi connectivity index (χ0v) is 9.88. The van der Waals surface area contributed by atoms with Gasteiger partial charge in [-0.3, -0.25) is 4.79 Å². The van der Waals surface area contributed by atoms with Gasteiger partial charge in [-0.25, -0.2) is 13.8 Å². The fourth-order valence-corrected chi connectivity index (χ4v) is 2.03. The molecule has 1 amide bonds. The molecule has 0 atom stereocenters. The van der Waals surface area contributed by atoms with Crippen LogP contribution in [0, 0.1) is 0 Å². The molecule has 0 saturated carbocycles. The normalized spacial score (nSPS) is 18.8. The molecule has 0 radical (unpaired) electrons. The molecule has 0 aliphatic carbocycles. The van der Waals surface area contributed by atoms with Crippen LogP contribution in [-0.2, 0) is 0 Å². The summed E-state index contributed by atoms with van der Waals surface area (Å²) >= 11 is 3.17. The first-order valence-corrected chi connectivity index (χ1v) is 5.56. The van der Waals surface area contributed by atoms with Crippen LogP contribution in [0.3, 0.4) is 0 Å². The Morgan fingerprint density at radius 2 is 2.31 bits per heavy atom. The molecule has 2 heterocycles. The lowest BCUT2D eigenvalue weighted by atomic mass is 10.3. The second-order valence-corrected chi connectivity index (χ2v) is 4.52. The van der Waals surface area contributed by atoms with Gasteiger partial charge in [-0.15, -0.1) is 0 Å². The summed E-state index contributed by atoms with van der Waals surface area (Å²) in [6.45, 7) is -0.441. The second kappa shape index (κ2) is 4.08. The number of hydrogen-bond donors (Lipinski definition) is 0. The van der Waals surface area contributed by atoms with Crippen LogP contribution in [0.5, 0.6) is 0 Å². The number of alkyl halides is 2. The number of rotatable bonds is 1. The van der Waals surface area contributed by atoms with Crippen molar-refractivity contribution in [2.75, 3.05) is 13.1 Å². The first kappa shape index (κ1) is 11.4. The summed E-state index contributed by atoms with van der Waals surface area (Å²) in [6, 6.07) is 3.33. The lowest BCUT2D eigenvalue weighted by Crippen LogP contribution is -2.32. The fourth-order valence-electron chi connectivity index (χ4n) is 1.60. The number of amides is 1. The molecule has 2 rings (SSSR count). The number of hydrogen-bond acceptors (Lipinski definition) is 2. The third-order valence-corrected chi connectivity index (χ3v) is 3.06. The van der Waals surface area contributed by atoms with Gasteiger partial charge in [-0.05, 0) is 28.1 Å². The molecule has 0 N–H and O–H groups in total. The molecular weight excluding hydrogens is 282 g/mol. The maximum absolute atomic E-state index is 12.9. The highest BCUT2D eigenvalue weighted by atomic mass is 79.9. The summed E-state index contributed by atoms with van der Waals surface area (Å²) in [5.74, 6) is -3.22. The van der Waals surface area contributed by atoms with Crippen molar-refractivity contribution in [1.29, 1.82) is 0 Å². The van der Waals surface area contributed by atoms with Crippen molar-refractivity contribution < 1.29 is 13.6 Å². The van der Waals surface area contributed by atoms with Gasteiger partial charge < -0.3 is 4.90 Å². The highest BCUT2D eigenvalue weighted by Crippen LogP contribution is 2.28. The first-order valence-electron chi connectivity index (χ1n) is 4.77. The minimum absolute atomic E-state index is 0.0782. The topological polar surface area (TPSA) is 33.2 Å². The second-order valence-electron chi connectivity index (χ2n) is 3.67. The molecular formula is C10H9BrF2N2O. The van der Waals surface area contributed by atoms with Crippen LogP contribution < -0.4 is 0 Å². The van der Waals surface area contributed by atoms with E-state index in [1.165, 1.54) is 6.20 Å². The average Bonchev–Trinajstić information content (AvgIpc) is 2.59. The Morgan fingerprint density at radius 1 is 1.56 bits per heavy atom. The summed E-state index contributed by atoms with van der Waals surface area (Å²) in [5.41, 5.74) is 0.181. The molecule has 86 valence electrons. The van der Waals surface area contributed by atoms with Crippen molar-refractivity contribution >= 4 is 21.8 Å². The zero-order chi connectivity index (χ0) is 11.8. The van der Waals surface area contributed by atoms with Crippen molar-refractivity contribution in [2.24, 2.45) is 0 Å². The van der Waals surface area contributed by atoms with Crippen LogP contribution in [-0.4, -0.2) is 34.8 Å². The van der Waals surface area contributed by atoms with Crippen LogP contribution in [0.25, 0.3) is 0 Å². The Hall–Kier alpha value is -1.04. The van der Waals surface area contributed by atoms with Crippen LogP contribution in [0.2, 0.25) is 0 Å². The number of nitrogens with zero attached hydrogens (tertiary/aromatic N) is 2. The monoisotopic (exact) mass is 290 g/mol. The van der Waals surface area contributed by atoms with Gasteiger partial charge in [0.05, 0.1) is 6.54 Å². The van der Waals surface area contributed by atoms with E-state index in [4.69, 9.17) is 0 Å². The molecule has 1 aromatic heterocycles. The predicted molar refractivity (Wildman–Crippen MR) is 57.4 cm³/mol. The molecule has 0 bridgehead atoms. The minimum atomic E-state index is -2.77. The SMILES string of the molecule is O=C(c1ncccc1Br)N1CCC(F)(F)C1. The number of aromatic nitrogens is 1. The molecule has 16 heavy (non-hydrogen) atoms. The Bertz CT molecular complexity index is 425. The van der Waals surface area contributed by atoms with Gasteiger partial charge in [0.2, 0.25) is 0 Å². The average molecular weight is 291 g/mol. The number of carbonyl (C=O) groups is 1. The van der Waals surface area contributed by atoms with Crippen LogP contribution >= 0.6 is 15.9 Å². The maximum Gasteiger partial charge on any atom is 0.273 e. The minimum Gasteiger partial charge on any atom is -0.331 e. The van der Waals surface area contributed by atoms with Gasteiger partial charge >= 0.3 is 0 Å². The van der Waals surface area contributed by atoms with Crippen LogP contribution in [0.15, 0.2) is 22.8 Å². The van der Waals surface area contributed by atoms with Crippen molar-refractivity contribution in [1.82, 2.24) is 9.88 Å². The van der Waals surface area contributed by atoms with Crippen molar-refractivity contribution in [3.05, 3.63) is 28.5 Å². The number of halogens is 3. The predicted octanol–water partition coefficient (Wildman–Crippen LogP) is 2.33. The van der Waals surface area contributed by atoms with E-state index in [0.717, 1.165) is 4.90 Å². The van der Waals surface area contributed by atoms with Gasteiger partial charge in [0.15, 0.2) is 0 Å². The van der Waals surface area contributed by atoms with Gasteiger partial charge in [0, 0.05) is 23.6 Å². The van der Waals surface area contributed by atoms with E-state index in [1.807, 2.05) is 0 Å². The smallest absolute Gasteiger partial charge is 0.273 e. The Morgan fingerprint density at radius 3 is 2.88 bits per heavy atom. The van der Waals surface area contributed by atoms with Crippen LogP contribution in [0.1, 0.15) is 16.9 Å². The number of pyridine rings is 1. The molecule has 1 saturated heterocycles. The summed E-state index contributed by atoms with van der Waals surface area (Å²) in [7, 11) is 0. The number of likely N-dealkylation sites (tertiary alicyclic amines) is 1. The Kier molecular flexibility index (Phi) is 2.92. The molecule has 3 nitrogen and oxygen atoms in total. The fraction of sp³-hybridized carbons (Fsp3) is 0.400. The Balaban J connectivity index is 2.18. The molecule has 0 unspecified atom stereocenters. The van der Waals surface area contributed by atoms with E-state index >= 15 is 0 Å². The zero-order valence-electron chi connectivity index (χ0n) is 8.29. The lowest BCUT2D eigenvalue weighted by molar-refractivity contribution is 0.0119. The van der Waals surface area contributed by atoms with Gasteiger partial charge in [-0.1, -0.05) is 0 Å². The van der Waals surface area contributed by atoms with Crippen molar-refractivity contribution in [3.63, 3.8) is 0 Å². The quantitative estimate of drug-likeness (QED) is 0.795. The molecule has 1 aliphatic rings. The van der Waals surface area contributed by atoms with E-state index in [9.17, 15) is 13.6 Å². The third kappa shape index (κ3) is 2.21. The lowest BCUT2D eigenvalue weighted by Gasteiger charge is -2.15. The number of carbonyl (C=O) groups excluding carboxylic acids is 1. The first-order chi connectivity index (χ1) is 7.49. The van der Waals surface area contributed by atoms with E-state index in [1.54, 1.807) is 12.1 Å². The molecule has 0 aromatic carbocycles. The summed E-state index contributed by atoms with van der Waals surface area (Å²) in [4.78, 5) is 16.9. The van der Waals surface area contributed by atoms with Gasteiger partial charge in [0.25, 0.3) is 11.8 Å². The molecule has 6 heteroatoms. The third-order valence-electron chi connectivity index (χ3n) is 2.42. The van der Waals surface area contributed by atoms with Crippen LogP contribution in [0.4, 0.5) is 8.78 Å². The van der Waals surface area contributed by atoms with E-state index in [2.05, 4.69) is 20.9 Å². The highest BCUT2D eigenvalue weighted by molar-refractivity contribution is 9.10.